The lowest BCUT2D eigenvalue weighted by Crippen LogP contribution is -2.30. The van der Waals surface area contributed by atoms with E-state index in [1.54, 1.807) is 11.0 Å². The Bertz CT molecular complexity index is 1410. The Morgan fingerprint density at radius 1 is 1.18 bits per heavy atom. The van der Waals surface area contributed by atoms with Gasteiger partial charge in [-0.15, -0.1) is 13.2 Å². The Labute approximate surface area is 192 Å². The molecule has 0 radical (unpaired) electrons. The third-order valence-electron chi connectivity index (χ3n) is 5.86. The number of hydrogen-bond donors (Lipinski definition) is 1. The number of aryl methyl sites for hydroxylation is 1. The molecule has 10 heteroatoms. The number of alkyl halides is 3. The van der Waals surface area contributed by atoms with E-state index < -0.39 is 6.36 Å². The number of nitrogen functional groups attached to an aromatic ring is 1. The summed E-state index contributed by atoms with van der Waals surface area (Å²) in [5.74, 6) is -0.143. The first-order valence-electron chi connectivity index (χ1n) is 10.5. The van der Waals surface area contributed by atoms with Gasteiger partial charge in [-0.1, -0.05) is 18.2 Å². The van der Waals surface area contributed by atoms with E-state index in [9.17, 15) is 18.0 Å². The Balaban J connectivity index is 1.39. The second-order valence-electron chi connectivity index (χ2n) is 8.12. The molecular formula is C24H20F3N5O2. The minimum absolute atomic E-state index is 0.0343. The van der Waals surface area contributed by atoms with Crippen molar-refractivity contribution in [3.63, 3.8) is 0 Å². The fourth-order valence-electron chi connectivity index (χ4n) is 4.40. The van der Waals surface area contributed by atoms with Gasteiger partial charge < -0.3 is 19.9 Å². The maximum absolute atomic E-state index is 13.0. The number of carbonyl (C=O) groups is 1. The molecule has 4 aromatic rings. The van der Waals surface area contributed by atoms with Gasteiger partial charge >= 0.3 is 6.36 Å². The number of nitrogens with two attached hydrogens (primary N) is 1. The minimum Gasteiger partial charge on any atom is -0.406 e. The van der Waals surface area contributed by atoms with Crippen LogP contribution in [0.25, 0.3) is 22.2 Å². The summed E-state index contributed by atoms with van der Waals surface area (Å²) in [4.78, 5) is 23.1. The van der Waals surface area contributed by atoms with Gasteiger partial charge in [-0.3, -0.25) is 4.79 Å². The fourth-order valence-corrected chi connectivity index (χ4v) is 4.40. The highest BCUT2D eigenvalue weighted by molar-refractivity contribution is 6.02. The van der Waals surface area contributed by atoms with Crippen molar-refractivity contribution < 1.29 is 22.7 Å². The Hall–Kier alpha value is -4.08. The molecule has 174 valence electrons. The summed E-state index contributed by atoms with van der Waals surface area (Å²) in [6, 6.07) is 11.3. The van der Waals surface area contributed by atoms with Crippen molar-refractivity contribution in [2.45, 2.75) is 19.2 Å². The van der Waals surface area contributed by atoms with Gasteiger partial charge in [0.15, 0.2) is 0 Å². The highest BCUT2D eigenvalue weighted by Gasteiger charge is 2.31. The van der Waals surface area contributed by atoms with Gasteiger partial charge in [-0.05, 0) is 47.4 Å². The topological polar surface area (TPSA) is 86.3 Å². The maximum Gasteiger partial charge on any atom is 0.573 e. The lowest BCUT2D eigenvalue weighted by molar-refractivity contribution is -0.274. The van der Waals surface area contributed by atoms with Crippen molar-refractivity contribution in [2.75, 3.05) is 17.2 Å². The molecule has 1 aliphatic heterocycles. The zero-order valence-electron chi connectivity index (χ0n) is 18.1. The van der Waals surface area contributed by atoms with Gasteiger partial charge in [-0.2, -0.15) is 0 Å². The van der Waals surface area contributed by atoms with E-state index in [1.165, 1.54) is 24.5 Å². The van der Waals surface area contributed by atoms with E-state index in [-0.39, 0.29) is 18.1 Å². The lowest BCUT2D eigenvalue weighted by atomic mass is 10.0. The van der Waals surface area contributed by atoms with E-state index >= 15 is 0 Å². The molecule has 0 atom stereocenters. The first kappa shape index (κ1) is 21.7. The second-order valence-corrected chi connectivity index (χ2v) is 8.12. The number of anilines is 2. The molecule has 0 unspecified atom stereocenters. The van der Waals surface area contributed by atoms with Gasteiger partial charge in [0.05, 0.1) is 11.8 Å². The predicted octanol–water partition coefficient (Wildman–Crippen LogP) is 4.25. The molecule has 34 heavy (non-hydrogen) atoms. The highest BCUT2D eigenvalue weighted by Crippen LogP contribution is 2.37. The first-order chi connectivity index (χ1) is 16.2. The number of halogens is 3. The number of carbonyl (C=O) groups excluding carboxylic acids is 1. The quantitative estimate of drug-likeness (QED) is 0.485. The molecule has 1 aliphatic rings. The summed E-state index contributed by atoms with van der Waals surface area (Å²) >= 11 is 0. The van der Waals surface area contributed by atoms with Crippen LogP contribution in [0.1, 0.15) is 11.1 Å². The molecule has 0 bridgehead atoms. The maximum atomic E-state index is 13.0. The lowest BCUT2D eigenvalue weighted by Gasteiger charge is -2.18. The monoisotopic (exact) mass is 467 g/mol. The van der Waals surface area contributed by atoms with Crippen LogP contribution in [-0.4, -0.2) is 33.3 Å². The molecule has 0 fully saturated rings. The van der Waals surface area contributed by atoms with Crippen molar-refractivity contribution in [2.24, 2.45) is 7.05 Å². The zero-order chi connectivity index (χ0) is 24.0. The van der Waals surface area contributed by atoms with Crippen LogP contribution in [0.3, 0.4) is 0 Å². The largest absolute Gasteiger partial charge is 0.573 e. The fraction of sp³-hybridized carbons (Fsp3) is 0.208. The van der Waals surface area contributed by atoms with Crippen LogP contribution in [0.2, 0.25) is 0 Å². The molecule has 1 amide bonds. The van der Waals surface area contributed by atoms with Gasteiger partial charge in [0.2, 0.25) is 5.91 Å². The molecule has 0 spiro atoms. The van der Waals surface area contributed by atoms with Crippen molar-refractivity contribution in [3.8, 4) is 16.9 Å². The van der Waals surface area contributed by atoms with Crippen LogP contribution in [0.4, 0.5) is 24.7 Å². The molecule has 2 aromatic carbocycles. The molecule has 5 rings (SSSR count). The van der Waals surface area contributed by atoms with E-state index in [0.29, 0.717) is 24.3 Å². The van der Waals surface area contributed by atoms with E-state index in [1.807, 2.05) is 36.0 Å². The number of amides is 1. The summed E-state index contributed by atoms with van der Waals surface area (Å²) < 4.78 is 43.3. The summed E-state index contributed by atoms with van der Waals surface area (Å²) in [5, 5.41) is 0.775. The number of benzene rings is 2. The molecule has 2 aromatic heterocycles. The van der Waals surface area contributed by atoms with E-state index in [0.717, 1.165) is 33.4 Å². The third-order valence-corrected chi connectivity index (χ3v) is 5.86. The summed E-state index contributed by atoms with van der Waals surface area (Å²) in [6.07, 6.45) is -0.769. The zero-order valence-corrected chi connectivity index (χ0v) is 18.1. The van der Waals surface area contributed by atoms with Crippen molar-refractivity contribution in [1.29, 1.82) is 0 Å². The molecule has 2 N–H and O–H groups in total. The predicted molar refractivity (Wildman–Crippen MR) is 121 cm³/mol. The molecule has 0 saturated heterocycles. The number of rotatable bonds is 4. The number of ether oxygens (including phenoxy) is 1. The van der Waals surface area contributed by atoms with Crippen LogP contribution in [-0.2, 0) is 24.7 Å². The molecule has 3 heterocycles. The van der Waals surface area contributed by atoms with Gasteiger partial charge in [0.1, 0.15) is 23.5 Å². The first-order valence-corrected chi connectivity index (χ1v) is 10.5. The minimum atomic E-state index is -4.78. The summed E-state index contributed by atoms with van der Waals surface area (Å²) in [5.41, 5.74) is 10.9. The van der Waals surface area contributed by atoms with Crippen LogP contribution in [0.15, 0.2) is 55.0 Å². The van der Waals surface area contributed by atoms with Crippen LogP contribution in [0, 0.1) is 0 Å². The Morgan fingerprint density at radius 3 is 2.79 bits per heavy atom. The Morgan fingerprint density at radius 2 is 2.00 bits per heavy atom. The summed E-state index contributed by atoms with van der Waals surface area (Å²) in [6.45, 7) is 0.497. The van der Waals surface area contributed by atoms with Crippen molar-refractivity contribution in [3.05, 3.63) is 66.1 Å². The second kappa shape index (κ2) is 8.05. The third kappa shape index (κ3) is 4.02. The van der Waals surface area contributed by atoms with Crippen LogP contribution >= 0.6 is 0 Å². The molecule has 7 nitrogen and oxygen atoms in total. The average Bonchev–Trinajstić information content (AvgIpc) is 3.34. The molecular weight excluding hydrogens is 447 g/mol. The average molecular weight is 467 g/mol. The smallest absolute Gasteiger partial charge is 0.406 e. The van der Waals surface area contributed by atoms with Crippen molar-refractivity contribution in [1.82, 2.24) is 14.5 Å². The van der Waals surface area contributed by atoms with Crippen LogP contribution in [0.5, 0.6) is 5.75 Å². The number of fused-ring (bicyclic) bond motifs is 2. The van der Waals surface area contributed by atoms with Gasteiger partial charge in [0.25, 0.3) is 0 Å². The number of hydrogen-bond acceptors (Lipinski definition) is 5. The van der Waals surface area contributed by atoms with Gasteiger partial charge in [0, 0.05) is 31.0 Å². The SMILES string of the molecule is Cn1cc(-c2ccc3c(c2)CCN3C(=O)Cc2cccc(OC(F)(F)F)c2)c2c(N)ncnc21. The highest BCUT2D eigenvalue weighted by atomic mass is 19.4. The molecule has 0 saturated carbocycles. The summed E-state index contributed by atoms with van der Waals surface area (Å²) in [7, 11) is 1.89. The van der Waals surface area contributed by atoms with Gasteiger partial charge in [-0.25, -0.2) is 9.97 Å². The molecule has 0 aliphatic carbocycles. The van der Waals surface area contributed by atoms with Crippen molar-refractivity contribution >= 4 is 28.4 Å². The van der Waals surface area contributed by atoms with Crippen LogP contribution < -0.4 is 15.4 Å². The number of aromatic nitrogens is 3. The Kier molecular flexibility index (Phi) is 5.15. The van der Waals surface area contributed by atoms with E-state index in [2.05, 4.69) is 14.7 Å². The number of nitrogens with zero attached hydrogens (tertiary/aromatic N) is 4. The van der Waals surface area contributed by atoms with E-state index in [4.69, 9.17) is 5.73 Å². The normalized spacial score (nSPS) is 13.4. The standard InChI is InChI=1S/C24H20F3N5O2/c1-31-12-18(21-22(28)29-13-30-23(21)31)15-5-6-19-16(11-15)7-8-32(19)20(33)10-14-3-2-4-17(9-14)34-24(25,26)27/h2-6,9,11-13H,7-8,10H2,1H3,(H2,28,29,30).